The van der Waals surface area contributed by atoms with Gasteiger partial charge in [-0.05, 0) is 36.2 Å². The summed E-state index contributed by atoms with van der Waals surface area (Å²) in [5.41, 5.74) is 1.22. The summed E-state index contributed by atoms with van der Waals surface area (Å²) in [5.74, 6) is 0.306. The summed E-state index contributed by atoms with van der Waals surface area (Å²) < 4.78 is 15.8. The molecule has 0 radical (unpaired) electrons. The molecule has 2 aromatic rings. The Morgan fingerprint density at radius 2 is 2.07 bits per heavy atom. The number of allylic oxidation sites excluding steroid dienone is 1. The molecule has 0 amide bonds. The van der Waals surface area contributed by atoms with E-state index < -0.39 is 5.78 Å². The van der Waals surface area contributed by atoms with Gasteiger partial charge >= 0.3 is 0 Å². The second kappa shape index (κ2) is 8.67. The predicted molar refractivity (Wildman–Crippen MR) is 98.8 cm³/mol. The van der Waals surface area contributed by atoms with Crippen LogP contribution in [0.4, 0.5) is 0 Å². The Bertz CT molecular complexity index is 967. The Balaban J connectivity index is 2.50. The van der Waals surface area contributed by atoms with Crippen molar-refractivity contribution < 1.29 is 28.3 Å². The van der Waals surface area contributed by atoms with Crippen molar-refractivity contribution in [3.05, 3.63) is 52.5 Å². The summed E-state index contributed by atoms with van der Waals surface area (Å²) in [6.45, 7) is 1.38. The molecule has 0 spiro atoms. The van der Waals surface area contributed by atoms with Crippen LogP contribution in [0.1, 0.15) is 39.0 Å². The molecule has 0 aliphatic rings. The van der Waals surface area contributed by atoms with Gasteiger partial charge in [0.2, 0.25) is 0 Å². The zero-order valence-electron chi connectivity index (χ0n) is 15.1. The molecule has 1 heterocycles. The molecule has 2 rings (SSSR count). The van der Waals surface area contributed by atoms with Gasteiger partial charge in [0.1, 0.15) is 32.2 Å². The van der Waals surface area contributed by atoms with E-state index in [0.717, 1.165) is 0 Å². The highest BCUT2D eigenvalue weighted by atomic mass is 16.5. The van der Waals surface area contributed by atoms with Crippen LogP contribution in [-0.4, -0.2) is 39.9 Å². The average Bonchev–Trinajstić information content (AvgIpc) is 3.14. The van der Waals surface area contributed by atoms with Crippen LogP contribution in [0.15, 0.2) is 34.5 Å². The molecule has 136 valence electrons. The number of hydrogen-bond acceptors (Lipinski definition) is 7. The third-order valence-electron chi connectivity index (χ3n) is 4.02. The van der Waals surface area contributed by atoms with Gasteiger partial charge in [0.25, 0.3) is 0 Å². The zero-order valence-corrected chi connectivity index (χ0v) is 15.1. The summed E-state index contributed by atoms with van der Waals surface area (Å²) in [6.07, 6.45) is 2.35. The molecule has 0 aliphatic carbocycles. The molecule has 0 unspecified atom stereocenters. The fourth-order valence-corrected chi connectivity index (χ4v) is 2.41. The number of benzene rings is 1. The molecular weight excluding hydrogens is 349 g/mol. The van der Waals surface area contributed by atoms with E-state index in [1.54, 1.807) is 14.8 Å². The number of rotatable bonds is 8. The summed E-state index contributed by atoms with van der Waals surface area (Å²) in [7, 11) is 3.07. The number of methoxy groups -OCH3 is 1. The number of carbonyl (C=O) groups excluding carboxylic acids is 3. The minimum Gasteiger partial charge on any atom is -0.493 e. The number of carbonyl (C=O) groups is 3. The lowest BCUT2D eigenvalue weighted by molar-refractivity contribution is -0.104. The predicted octanol–water partition coefficient (Wildman–Crippen LogP) is 1.80. The van der Waals surface area contributed by atoms with Gasteiger partial charge in [-0.15, -0.1) is 0 Å². The molecule has 0 fully saturated rings. The lowest BCUT2D eigenvalue weighted by Gasteiger charge is -2.09. The van der Waals surface area contributed by atoms with Crippen molar-refractivity contribution in [1.82, 2.24) is 0 Å². The van der Waals surface area contributed by atoms with Gasteiger partial charge in [0, 0.05) is 5.56 Å². The highest BCUT2D eigenvalue weighted by molar-refractivity contribution is 6.44. The van der Waals surface area contributed by atoms with Crippen LogP contribution >= 0.6 is 0 Å². The van der Waals surface area contributed by atoms with Gasteiger partial charge < -0.3 is 13.9 Å². The molecule has 0 atom stereocenters. The van der Waals surface area contributed by atoms with Gasteiger partial charge in [0.15, 0.2) is 30.2 Å². The van der Waals surface area contributed by atoms with Crippen LogP contribution in [0.2, 0.25) is 0 Å². The van der Waals surface area contributed by atoms with Crippen molar-refractivity contribution >= 4 is 31.7 Å². The molecule has 0 aliphatic heterocycles. The molecule has 0 saturated heterocycles. The smallest absolute Gasteiger partial charge is 0.197 e. The van der Waals surface area contributed by atoms with Crippen molar-refractivity contribution in [2.75, 3.05) is 13.7 Å². The van der Waals surface area contributed by atoms with Crippen molar-refractivity contribution in [3.63, 3.8) is 0 Å². The number of furan rings is 1. The van der Waals surface area contributed by atoms with E-state index in [2.05, 4.69) is 0 Å². The Morgan fingerprint density at radius 3 is 2.67 bits per heavy atom. The number of nitriles is 1. The second-order valence-corrected chi connectivity index (χ2v) is 5.58. The van der Waals surface area contributed by atoms with Gasteiger partial charge in [-0.2, -0.15) is 5.26 Å². The summed E-state index contributed by atoms with van der Waals surface area (Å²) in [5, 5.41) is 8.67. The van der Waals surface area contributed by atoms with Crippen molar-refractivity contribution in [2.24, 2.45) is 0 Å². The number of aldehydes is 2. The van der Waals surface area contributed by atoms with Gasteiger partial charge in [-0.3, -0.25) is 14.4 Å². The van der Waals surface area contributed by atoms with Crippen LogP contribution in [0.25, 0.3) is 5.47 Å². The molecule has 8 heteroatoms. The van der Waals surface area contributed by atoms with Crippen LogP contribution in [0, 0.1) is 11.3 Å². The Labute approximate surface area is 156 Å². The van der Waals surface area contributed by atoms with Crippen LogP contribution < -0.4 is 9.47 Å². The van der Waals surface area contributed by atoms with E-state index in [1.165, 1.54) is 31.6 Å². The third kappa shape index (κ3) is 3.98. The van der Waals surface area contributed by atoms with Gasteiger partial charge in [-0.1, -0.05) is 0 Å². The summed E-state index contributed by atoms with van der Waals surface area (Å²) in [4.78, 5) is 35.4. The fourth-order valence-electron chi connectivity index (χ4n) is 2.41. The first kappa shape index (κ1) is 19.7. The first-order valence-electron chi connectivity index (χ1n) is 7.90. The first-order valence-corrected chi connectivity index (χ1v) is 7.90. The normalized spacial score (nSPS) is 11.1. The fraction of sp³-hybridized carbons (Fsp3) is 0.158. The molecule has 27 heavy (non-hydrogen) atoms. The minimum atomic E-state index is -0.465. The number of ketones is 1. The molecule has 0 N–H and O–H groups in total. The van der Waals surface area contributed by atoms with Crippen LogP contribution in [-0.2, 0) is 4.79 Å². The van der Waals surface area contributed by atoms with Crippen molar-refractivity contribution in [2.45, 2.75) is 6.92 Å². The van der Waals surface area contributed by atoms with Crippen molar-refractivity contribution in [3.8, 4) is 17.6 Å². The standard InChI is InChI=1S/C19H16BNO6/c1-11(8-22)17(20)19-13(9-23)14(10-27-19)18(24)12-3-4-15(25-2)16(7-12)26-6-5-21/h3-4,7-10H,6,20H2,1-2H3/b17-11+. The van der Waals surface area contributed by atoms with E-state index in [0.29, 0.717) is 29.4 Å². The number of ether oxygens (including phenoxy) is 2. The van der Waals surface area contributed by atoms with Gasteiger partial charge in [0.05, 0.1) is 18.2 Å². The average molecular weight is 365 g/mol. The molecular formula is C19H16BNO6. The molecule has 7 nitrogen and oxygen atoms in total. The molecule has 0 bridgehead atoms. The SMILES string of the molecule is B/C(=C(\C)C=O)c1occ(C(=O)c2ccc(OC)c(OCC#N)c2)c1C=O. The Kier molecular flexibility index (Phi) is 6.34. The van der Waals surface area contributed by atoms with E-state index in [4.69, 9.17) is 19.2 Å². The zero-order chi connectivity index (χ0) is 20.0. The topological polar surface area (TPSA) is 107 Å². The largest absolute Gasteiger partial charge is 0.493 e. The quantitative estimate of drug-likeness (QED) is 0.304. The van der Waals surface area contributed by atoms with E-state index in [1.807, 2.05) is 6.07 Å². The maximum Gasteiger partial charge on any atom is 0.197 e. The van der Waals surface area contributed by atoms with Crippen LogP contribution in [0.5, 0.6) is 11.5 Å². The number of hydrogen-bond donors (Lipinski definition) is 0. The summed E-state index contributed by atoms with van der Waals surface area (Å²) in [6, 6.07) is 6.32. The highest BCUT2D eigenvalue weighted by Gasteiger charge is 2.23. The Morgan fingerprint density at radius 1 is 1.33 bits per heavy atom. The van der Waals surface area contributed by atoms with Crippen molar-refractivity contribution in [1.29, 1.82) is 5.26 Å². The van der Waals surface area contributed by atoms with Crippen LogP contribution in [0.3, 0.4) is 0 Å². The molecule has 1 aromatic heterocycles. The first-order chi connectivity index (χ1) is 13.0. The maximum atomic E-state index is 12.9. The van der Waals surface area contributed by atoms with E-state index in [-0.39, 0.29) is 34.8 Å². The van der Waals surface area contributed by atoms with E-state index in [9.17, 15) is 14.4 Å². The molecule has 1 aromatic carbocycles. The van der Waals surface area contributed by atoms with E-state index >= 15 is 0 Å². The number of nitrogens with zero attached hydrogens (tertiary/aromatic N) is 1. The second-order valence-electron chi connectivity index (χ2n) is 5.58. The lowest BCUT2D eigenvalue weighted by atomic mass is 9.86. The minimum absolute atomic E-state index is 0.0639. The maximum absolute atomic E-state index is 12.9. The van der Waals surface area contributed by atoms with Gasteiger partial charge in [-0.25, -0.2) is 0 Å². The highest BCUT2D eigenvalue weighted by Crippen LogP contribution is 2.31. The third-order valence-corrected chi connectivity index (χ3v) is 4.02. The lowest BCUT2D eigenvalue weighted by Crippen LogP contribution is -2.06. The Hall–Kier alpha value is -3.60. The summed E-state index contributed by atoms with van der Waals surface area (Å²) >= 11 is 0. The monoisotopic (exact) mass is 365 g/mol. The molecule has 0 saturated carbocycles.